The van der Waals surface area contributed by atoms with E-state index >= 15 is 0 Å². The Morgan fingerprint density at radius 1 is 1.00 bits per heavy atom. The molecule has 0 aliphatic carbocycles. The standard InChI is InChI=1S/C18H17BrO2/c19-18(17-7-3-4-10-20-17)12-8-9-16-14(11-12)13-5-1-2-6-15(13)21-16/h1-2,5-6,8-9,11,17-18H,3-4,7,10H2. The van der Waals surface area contributed by atoms with E-state index in [-0.39, 0.29) is 10.9 Å². The molecule has 1 aliphatic rings. The molecule has 108 valence electrons. The van der Waals surface area contributed by atoms with Gasteiger partial charge in [0, 0.05) is 17.4 Å². The fourth-order valence-electron chi connectivity index (χ4n) is 3.13. The zero-order valence-electron chi connectivity index (χ0n) is 11.7. The number of halogens is 1. The molecule has 1 saturated heterocycles. The van der Waals surface area contributed by atoms with E-state index in [9.17, 15) is 0 Å². The van der Waals surface area contributed by atoms with E-state index in [1.54, 1.807) is 0 Å². The Bertz CT molecular complexity index is 771. The van der Waals surface area contributed by atoms with Gasteiger partial charge in [0.2, 0.25) is 0 Å². The molecule has 4 rings (SSSR count). The van der Waals surface area contributed by atoms with Gasteiger partial charge in [0.15, 0.2) is 0 Å². The summed E-state index contributed by atoms with van der Waals surface area (Å²) in [5.41, 5.74) is 3.16. The molecule has 2 heterocycles. The largest absolute Gasteiger partial charge is 0.456 e. The third kappa shape index (κ3) is 2.39. The van der Waals surface area contributed by atoms with Gasteiger partial charge in [-0.1, -0.05) is 40.2 Å². The third-order valence-electron chi connectivity index (χ3n) is 4.26. The molecule has 1 aromatic heterocycles. The Labute approximate surface area is 132 Å². The van der Waals surface area contributed by atoms with E-state index in [1.807, 2.05) is 12.1 Å². The van der Waals surface area contributed by atoms with Gasteiger partial charge in [-0.3, -0.25) is 0 Å². The van der Waals surface area contributed by atoms with Crippen LogP contribution in [0.4, 0.5) is 0 Å². The number of hydrogen-bond donors (Lipinski definition) is 0. The molecule has 0 bridgehead atoms. The first-order valence-corrected chi connectivity index (χ1v) is 8.41. The highest BCUT2D eigenvalue weighted by Crippen LogP contribution is 2.37. The zero-order valence-corrected chi connectivity index (χ0v) is 13.3. The number of para-hydroxylation sites is 1. The molecule has 21 heavy (non-hydrogen) atoms. The number of ether oxygens (including phenoxy) is 1. The van der Waals surface area contributed by atoms with Gasteiger partial charge in [-0.2, -0.15) is 0 Å². The summed E-state index contributed by atoms with van der Waals surface area (Å²) in [7, 11) is 0. The van der Waals surface area contributed by atoms with E-state index in [2.05, 4.69) is 46.3 Å². The van der Waals surface area contributed by atoms with Gasteiger partial charge in [0.25, 0.3) is 0 Å². The van der Waals surface area contributed by atoms with Gasteiger partial charge < -0.3 is 9.15 Å². The Morgan fingerprint density at radius 3 is 2.71 bits per heavy atom. The van der Waals surface area contributed by atoms with Crippen LogP contribution in [0.1, 0.15) is 29.7 Å². The molecule has 0 amide bonds. The van der Waals surface area contributed by atoms with Crippen LogP contribution >= 0.6 is 15.9 Å². The lowest BCUT2D eigenvalue weighted by Crippen LogP contribution is -2.23. The molecule has 2 atom stereocenters. The van der Waals surface area contributed by atoms with Crippen molar-refractivity contribution < 1.29 is 9.15 Å². The number of hydrogen-bond acceptors (Lipinski definition) is 2. The van der Waals surface area contributed by atoms with Gasteiger partial charge in [0.05, 0.1) is 10.9 Å². The van der Waals surface area contributed by atoms with Crippen molar-refractivity contribution in [3.8, 4) is 0 Å². The van der Waals surface area contributed by atoms with Gasteiger partial charge >= 0.3 is 0 Å². The maximum atomic E-state index is 5.90. The monoisotopic (exact) mass is 344 g/mol. The number of alkyl halides is 1. The van der Waals surface area contributed by atoms with Crippen LogP contribution in [-0.4, -0.2) is 12.7 Å². The lowest BCUT2D eigenvalue weighted by atomic mass is 9.99. The number of furan rings is 1. The molecular formula is C18H17BrO2. The number of benzene rings is 2. The van der Waals surface area contributed by atoms with Crippen LogP contribution in [0.25, 0.3) is 21.9 Å². The highest BCUT2D eigenvalue weighted by atomic mass is 79.9. The molecule has 1 aliphatic heterocycles. The minimum Gasteiger partial charge on any atom is -0.456 e. The van der Waals surface area contributed by atoms with Crippen LogP contribution in [0, 0.1) is 0 Å². The van der Waals surface area contributed by atoms with Crippen molar-refractivity contribution >= 4 is 37.9 Å². The molecule has 0 spiro atoms. The minimum atomic E-state index is 0.246. The summed E-state index contributed by atoms with van der Waals surface area (Å²) < 4.78 is 11.8. The summed E-state index contributed by atoms with van der Waals surface area (Å²) in [4.78, 5) is 0.246. The fourth-order valence-corrected chi connectivity index (χ4v) is 3.83. The summed E-state index contributed by atoms with van der Waals surface area (Å²) >= 11 is 3.83. The fraction of sp³-hybridized carbons (Fsp3) is 0.333. The lowest BCUT2D eigenvalue weighted by Gasteiger charge is -2.27. The average molecular weight is 345 g/mol. The van der Waals surface area contributed by atoms with Crippen molar-refractivity contribution in [1.82, 2.24) is 0 Å². The molecule has 0 N–H and O–H groups in total. The normalized spacial score (nSPS) is 20.9. The first-order valence-electron chi connectivity index (χ1n) is 7.50. The highest BCUT2D eigenvalue weighted by Gasteiger charge is 2.24. The van der Waals surface area contributed by atoms with Gasteiger partial charge in [-0.25, -0.2) is 0 Å². The molecule has 2 unspecified atom stereocenters. The maximum absolute atomic E-state index is 5.90. The summed E-state index contributed by atoms with van der Waals surface area (Å²) in [5, 5.41) is 2.36. The van der Waals surface area contributed by atoms with Crippen molar-refractivity contribution in [1.29, 1.82) is 0 Å². The summed E-state index contributed by atoms with van der Waals surface area (Å²) in [6, 6.07) is 14.6. The Kier molecular flexibility index (Phi) is 3.48. The molecule has 0 saturated carbocycles. The van der Waals surface area contributed by atoms with E-state index in [4.69, 9.17) is 9.15 Å². The van der Waals surface area contributed by atoms with E-state index in [0.717, 1.165) is 24.2 Å². The van der Waals surface area contributed by atoms with E-state index in [0.29, 0.717) is 0 Å². The Hall–Kier alpha value is -1.32. The van der Waals surface area contributed by atoms with Crippen LogP contribution in [0.3, 0.4) is 0 Å². The summed E-state index contributed by atoms with van der Waals surface area (Å²) in [6.07, 6.45) is 3.83. The predicted octanol–water partition coefficient (Wildman–Crippen LogP) is 5.59. The van der Waals surface area contributed by atoms with Crippen LogP contribution in [-0.2, 0) is 4.74 Å². The van der Waals surface area contributed by atoms with Crippen LogP contribution < -0.4 is 0 Å². The van der Waals surface area contributed by atoms with E-state index in [1.165, 1.54) is 29.2 Å². The average Bonchev–Trinajstić information content (AvgIpc) is 2.93. The van der Waals surface area contributed by atoms with Crippen LogP contribution in [0.5, 0.6) is 0 Å². The highest BCUT2D eigenvalue weighted by molar-refractivity contribution is 9.09. The Balaban J connectivity index is 1.76. The third-order valence-corrected chi connectivity index (χ3v) is 5.38. The number of fused-ring (bicyclic) bond motifs is 3. The van der Waals surface area contributed by atoms with Crippen molar-refractivity contribution in [2.24, 2.45) is 0 Å². The quantitative estimate of drug-likeness (QED) is 0.565. The molecular weight excluding hydrogens is 328 g/mol. The molecule has 3 aromatic rings. The van der Waals surface area contributed by atoms with E-state index < -0.39 is 0 Å². The lowest BCUT2D eigenvalue weighted by molar-refractivity contribution is 0.0161. The minimum absolute atomic E-state index is 0.246. The van der Waals surface area contributed by atoms with Crippen LogP contribution in [0.2, 0.25) is 0 Å². The van der Waals surface area contributed by atoms with Gasteiger partial charge in [0.1, 0.15) is 11.2 Å². The predicted molar refractivity (Wildman–Crippen MR) is 89.0 cm³/mol. The van der Waals surface area contributed by atoms with Gasteiger partial charge in [-0.15, -0.1) is 0 Å². The molecule has 2 aromatic carbocycles. The second kappa shape index (κ2) is 5.47. The first-order chi connectivity index (χ1) is 10.3. The van der Waals surface area contributed by atoms with Crippen molar-refractivity contribution in [2.75, 3.05) is 6.61 Å². The van der Waals surface area contributed by atoms with Crippen LogP contribution in [0.15, 0.2) is 46.9 Å². The zero-order chi connectivity index (χ0) is 14.2. The molecule has 3 heteroatoms. The SMILES string of the molecule is BrC(c1ccc2oc3ccccc3c2c1)C1CCCCO1. The maximum Gasteiger partial charge on any atom is 0.135 e. The van der Waals surface area contributed by atoms with Crippen molar-refractivity contribution in [2.45, 2.75) is 30.2 Å². The molecule has 2 nitrogen and oxygen atoms in total. The second-order valence-electron chi connectivity index (χ2n) is 5.66. The number of rotatable bonds is 2. The second-order valence-corrected chi connectivity index (χ2v) is 6.65. The Morgan fingerprint density at radius 2 is 1.86 bits per heavy atom. The first kappa shape index (κ1) is 13.4. The van der Waals surface area contributed by atoms with Gasteiger partial charge in [-0.05, 0) is 43.0 Å². The topological polar surface area (TPSA) is 22.4 Å². The van der Waals surface area contributed by atoms with Crippen molar-refractivity contribution in [3.63, 3.8) is 0 Å². The van der Waals surface area contributed by atoms with Crippen molar-refractivity contribution in [3.05, 3.63) is 48.0 Å². The summed E-state index contributed by atoms with van der Waals surface area (Å²) in [5.74, 6) is 0. The molecule has 1 fully saturated rings. The summed E-state index contributed by atoms with van der Waals surface area (Å²) in [6.45, 7) is 0.879. The molecule has 0 radical (unpaired) electrons. The smallest absolute Gasteiger partial charge is 0.135 e.